The summed E-state index contributed by atoms with van der Waals surface area (Å²) in [5.74, 6) is 1.02. The Balaban J connectivity index is 1.46. The first-order valence-corrected chi connectivity index (χ1v) is 8.67. The van der Waals surface area contributed by atoms with Crippen LogP contribution in [-0.4, -0.2) is 25.4 Å². The Bertz CT molecular complexity index is 1240. The predicted octanol–water partition coefficient (Wildman–Crippen LogP) is 3.85. The van der Waals surface area contributed by atoms with Crippen LogP contribution in [0, 0.1) is 0 Å². The van der Waals surface area contributed by atoms with E-state index in [0.29, 0.717) is 28.8 Å². The van der Waals surface area contributed by atoms with Gasteiger partial charge in [-0.25, -0.2) is 9.97 Å². The Morgan fingerprint density at radius 3 is 2.54 bits per heavy atom. The van der Waals surface area contributed by atoms with Crippen LogP contribution in [0.4, 0.5) is 11.5 Å². The smallest absolute Gasteiger partial charge is 0.303 e. The number of aryl methyl sites for hydroxylation is 1. The number of anilines is 2. The molecule has 0 aliphatic carbocycles. The molecular weight excluding hydrogens is 354 g/mol. The summed E-state index contributed by atoms with van der Waals surface area (Å²) < 4.78 is 7.69. The van der Waals surface area contributed by atoms with E-state index >= 15 is 0 Å². The van der Waals surface area contributed by atoms with Crippen molar-refractivity contribution in [2.45, 2.75) is 0 Å². The van der Waals surface area contributed by atoms with Gasteiger partial charge in [0.1, 0.15) is 17.1 Å². The minimum Gasteiger partial charge on any atom is -0.425 e. The van der Waals surface area contributed by atoms with Gasteiger partial charge < -0.3 is 4.74 Å². The van der Waals surface area contributed by atoms with Crippen LogP contribution in [0.25, 0.3) is 16.7 Å². The van der Waals surface area contributed by atoms with Gasteiger partial charge >= 0.3 is 6.01 Å². The van der Waals surface area contributed by atoms with Crippen molar-refractivity contribution in [2.75, 3.05) is 4.90 Å². The number of pyridine rings is 2. The first-order chi connectivity index (χ1) is 13.6. The molecule has 1 aliphatic heterocycles. The Morgan fingerprint density at radius 2 is 1.75 bits per heavy atom. The highest BCUT2D eigenvalue weighted by atomic mass is 16.5. The standard InChI is InChI=1S/C21H15N5O2/c1-13-16-5-3-11-22-18(16)26(20(13)27)14-7-9-15(10-8-14)28-21-24-17-6-4-12-23-19(17)25(21)2/h3-12H,1H2,2H3. The number of nitrogens with zero attached hydrogens (tertiary/aromatic N) is 5. The molecule has 1 amide bonds. The van der Waals surface area contributed by atoms with Crippen LogP contribution in [0.15, 0.2) is 67.5 Å². The zero-order chi connectivity index (χ0) is 19.3. The average Bonchev–Trinajstić information content (AvgIpc) is 3.17. The lowest BCUT2D eigenvalue weighted by atomic mass is 10.1. The summed E-state index contributed by atoms with van der Waals surface area (Å²) in [7, 11) is 1.85. The number of hydrogen-bond acceptors (Lipinski definition) is 5. The number of benzene rings is 1. The van der Waals surface area contributed by atoms with Gasteiger partial charge in [0.05, 0.1) is 5.69 Å². The van der Waals surface area contributed by atoms with E-state index in [9.17, 15) is 4.79 Å². The fourth-order valence-corrected chi connectivity index (χ4v) is 3.26. The molecule has 0 unspecified atom stereocenters. The highest BCUT2D eigenvalue weighted by molar-refractivity contribution is 6.33. The number of amides is 1. The van der Waals surface area contributed by atoms with Crippen molar-refractivity contribution in [3.63, 3.8) is 0 Å². The number of fused-ring (bicyclic) bond motifs is 2. The number of rotatable bonds is 3. The summed E-state index contributed by atoms with van der Waals surface area (Å²) in [5, 5.41) is 0. The molecule has 7 nitrogen and oxygen atoms in total. The summed E-state index contributed by atoms with van der Waals surface area (Å²) in [4.78, 5) is 27.3. The van der Waals surface area contributed by atoms with E-state index in [4.69, 9.17) is 4.74 Å². The monoisotopic (exact) mass is 369 g/mol. The molecule has 5 rings (SSSR count). The quantitative estimate of drug-likeness (QED) is 0.513. The number of aromatic nitrogens is 4. The van der Waals surface area contributed by atoms with Crippen LogP contribution in [0.3, 0.4) is 0 Å². The van der Waals surface area contributed by atoms with Gasteiger partial charge in [-0.15, -0.1) is 0 Å². The number of imidazole rings is 1. The topological polar surface area (TPSA) is 73.1 Å². The van der Waals surface area contributed by atoms with E-state index in [1.165, 1.54) is 0 Å². The molecule has 0 saturated heterocycles. The van der Waals surface area contributed by atoms with Gasteiger partial charge in [-0.1, -0.05) is 6.58 Å². The number of ether oxygens (including phenoxy) is 1. The van der Waals surface area contributed by atoms with Gasteiger partial charge in [-0.2, -0.15) is 4.98 Å². The molecule has 0 bridgehead atoms. The zero-order valence-electron chi connectivity index (χ0n) is 15.0. The second kappa shape index (κ2) is 6.02. The first kappa shape index (κ1) is 16.2. The van der Waals surface area contributed by atoms with Crippen molar-refractivity contribution >= 4 is 34.1 Å². The molecule has 1 aromatic carbocycles. The van der Waals surface area contributed by atoms with E-state index in [1.54, 1.807) is 40.1 Å². The summed E-state index contributed by atoms with van der Waals surface area (Å²) >= 11 is 0. The maximum atomic E-state index is 12.6. The van der Waals surface area contributed by atoms with Gasteiger partial charge in [-0.05, 0) is 48.5 Å². The fourth-order valence-electron chi connectivity index (χ4n) is 3.26. The number of hydrogen-bond donors (Lipinski definition) is 0. The van der Waals surface area contributed by atoms with Crippen molar-refractivity contribution in [2.24, 2.45) is 7.05 Å². The van der Waals surface area contributed by atoms with E-state index in [1.807, 2.05) is 37.4 Å². The molecule has 0 spiro atoms. The molecule has 28 heavy (non-hydrogen) atoms. The second-order valence-corrected chi connectivity index (χ2v) is 6.39. The van der Waals surface area contributed by atoms with E-state index < -0.39 is 0 Å². The average molecular weight is 369 g/mol. The Labute approximate surface area is 160 Å². The number of carbonyl (C=O) groups excluding carboxylic acids is 1. The minimum absolute atomic E-state index is 0.177. The SMILES string of the molecule is C=C1C(=O)N(c2ccc(Oc3nc4cccnc4n3C)cc2)c2ncccc21. The molecule has 3 aromatic heterocycles. The fraction of sp³-hybridized carbons (Fsp3) is 0.0476. The zero-order valence-corrected chi connectivity index (χ0v) is 15.0. The summed E-state index contributed by atoms with van der Waals surface area (Å²) in [6.07, 6.45) is 3.38. The molecule has 0 fully saturated rings. The molecule has 0 saturated carbocycles. The third-order valence-corrected chi connectivity index (χ3v) is 4.68. The second-order valence-electron chi connectivity index (χ2n) is 6.39. The molecule has 136 valence electrons. The van der Waals surface area contributed by atoms with Crippen molar-refractivity contribution in [1.82, 2.24) is 19.5 Å². The van der Waals surface area contributed by atoms with Crippen molar-refractivity contribution < 1.29 is 9.53 Å². The molecule has 0 N–H and O–H groups in total. The van der Waals surface area contributed by atoms with E-state index in [-0.39, 0.29) is 5.91 Å². The lowest BCUT2D eigenvalue weighted by Crippen LogP contribution is -2.20. The Hall–Kier alpha value is -4.00. The van der Waals surface area contributed by atoms with Gasteiger partial charge in [0.15, 0.2) is 5.65 Å². The van der Waals surface area contributed by atoms with Gasteiger partial charge in [-0.3, -0.25) is 14.3 Å². The molecule has 7 heteroatoms. The third kappa shape index (κ3) is 2.37. The largest absolute Gasteiger partial charge is 0.425 e. The summed E-state index contributed by atoms with van der Waals surface area (Å²) in [6.45, 7) is 3.88. The lowest BCUT2D eigenvalue weighted by molar-refractivity contribution is -0.112. The van der Waals surface area contributed by atoms with Crippen molar-refractivity contribution in [3.8, 4) is 11.8 Å². The molecule has 4 heterocycles. The Kier molecular flexibility index (Phi) is 3.48. The van der Waals surface area contributed by atoms with Gasteiger partial charge in [0, 0.05) is 30.6 Å². The van der Waals surface area contributed by atoms with Crippen LogP contribution in [-0.2, 0) is 11.8 Å². The van der Waals surface area contributed by atoms with Crippen molar-refractivity contribution in [3.05, 3.63) is 73.1 Å². The van der Waals surface area contributed by atoms with Crippen LogP contribution in [0.2, 0.25) is 0 Å². The highest BCUT2D eigenvalue weighted by Gasteiger charge is 2.33. The van der Waals surface area contributed by atoms with Crippen molar-refractivity contribution in [1.29, 1.82) is 0 Å². The minimum atomic E-state index is -0.177. The van der Waals surface area contributed by atoms with E-state index in [2.05, 4.69) is 21.5 Å². The third-order valence-electron chi connectivity index (χ3n) is 4.68. The van der Waals surface area contributed by atoms with E-state index in [0.717, 1.165) is 16.7 Å². The molecule has 4 aromatic rings. The van der Waals surface area contributed by atoms with Gasteiger partial charge in [0.2, 0.25) is 0 Å². The molecule has 0 atom stereocenters. The summed E-state index contributed by atoms with van der Waals surface area (Å²) in [6, 6.07) is 15.0. The summed E-state index contributed by atoms with van der Waals surface area (Å²) in [5.41, 5.74) is 3.40. The lowest BCUT2D eigenvalue weighted by Gasteiger charge is -2.16. The van der Waals surface area contributed by atoms with Crippen LogP contribution < -0.4 is 9.64 Å². The number of carbonyl (C=O) groups is 1. The molecular formula is C21H15N5O2. The van der Waals surface area contributed by atoms with Crippen LogP contribution >= 0.6 is 0 Å². The maximum absolute atomic E-state index is 12.6. The van der Waals surface area contributed by atoms with Gasteiger partial charge in [0.25, 0.3) is 5.91 Å². The van der Waals surface area contributed by atoms with Crippen LogP contribution in [0.5, 0.6) is 11.8 Å². The Morgan fingerprint density at radius 1 is 1.00 bits per heavy atom. The highest BCUT2D eigenvalue weighted by Crippen LogP contribution is 2.39. The molecule has 0 radical (unpaired) electrons. The predicted molar refractivity (Wildman–Crippen MR) is 105 cm³/mol. The normalized spacial score (nSPS) is 13.2. The maximum Gasteiger partial charge on any atom is 0.303 e. The van der Waals surface area contributed by atoms with Crippen LogP contribution in [0.1, 0.15) is 5.56 Å². The molecule has 1 aliphatic rings. The first-order valence-electron chi connectivity index (χ1n) is 8.67.